The minimum absolute atomic E-state index is 0.0243. The first-order valence-corrected chi connectivity index (χ1v) is 14.4. The zero-order valence-electron chi connectivity index (χ0n) is 22.8. The van der Waals surface area contributed by atoms with Gasteiger partial charge in [-0.15, -0.1) is 0 Å². The SMILES string of the molecule is COC1CCC(NC(=O)c2ccc3nc([C@H](C)C4CCC(c5ccnc6ccc(F)cc56)CC4)[nH]c3c2)CC1. The number of ether oxygens (including phenoxy) is 1. The van der Waals surface area contributed by atoms with Crippen LogP contribution < -0.4 is 5.32 Å². The Bertz CT molecular complexity index is 1470. The molecule has 6 rings (SSSR count). The molecule has 2 aromatic carbocycles. The van der Waals surface area contributed by atoms with Crippen molar-refractivity contribution in [1.29, 1.82) is 0 Å². The number of carbonyl (C=O) groups is 1. The topological polar surface area (TPSA) is 79.9 Å². The Labute approximate surface area is 228 Å². The molecule has 0 unspecified atom stereocenters. The van der Waals surface area contributed by atoms with E-state index in [4.69, 9.17) is 9.72 Å². The number of hydrogen-bond acceptors (Lipinski definition) is 4. The molecule has 4 aromatic rings. The second kappa shape index (κ2) is 11.0. The maximum absolute atomic E-state index is 14.0. The number of imidazole rings is 1. The molecule has 2 heterocycles. The van der Waals surface area contributed by atoms with E-state index in [0.717, 1.165) is 79.1 Å². The summed E-state index contributed by atoms with van der Waals surface area (Å²) in [5, 5.41) is 4.14. The highest BCUT2D eigenvalue weighted by Crippen LogP contribution is 2.43. The standard InChI is InChI=1S/C32H37FN4O2/c1-19(20-3-5-21(6-4-20)26-15-16-34-28-14-8-23(33)18-27(26)28)31-36-29-13-7-22(17-30(29)37-31)32(38)35-24-9-11-25(39-2)12-10-24/h7-8,13-21,24-25H,3-6,9-12H2,1-2H3,(H,35,38)(H,36,37)/t19-,20?,21?,24?,25?/m1/s1. The average molecular weight is 529 g/mol. The highest BCUT2D eigenvalue weighted by Gasteiger charge is 2.29. The van der Waals surface area contributed by atoms with Gasteiger partial charge < -0.3 is 15.0 Å². The van der Waals surface area contributed by atoms with E-state index in [9.17, 15) is 9.18 Å². The van der Waals surface area contributed by atoms with E-state index >= 15 is 0 Å². The van der Waals surface area contributed by atoms with Crippen molar-refractivity contribution >= 4 is 27.8 Å². The fourth-order valence-corrected chi connectivity index (χ4v) is 6.75. The van der Waals surface area contributed by atoms with Gasteiger partial charge in [0.1, 0.15) is 11.6 Å². The second-order valence-corrected chi connectivity index (χ2v) is 11.5. The van der Waals surface area contributed by atoms with Crippen LogP contribution in [0.15, 0.2) is 48.7 Å². The third-order valence-electron chi connectivity index (χ3n) is 9.19. The maximum Gasteiger partial charge on any atom is 0.251 e. The van der Waals surface area contributed by atoms with Crippen LogP contribution in [0.4, 0.5) is 4.39 Å². The number of benzene rings is 2. The molecule has 1 atom stereocenters. The molecule has 2 aliphatic carbocycles. The summed E-state index contributed by atoms with van der Waals surface area (Å²) in [6.45, 7) is 2.25. The number of H-pyrrole nitrogens is 1. The van der Waals surface area contributed by atoms with E-state index < -0.39 is 0 Å². The van der Waals surface area contributed by atoms with Crippen molar-refractivity contribution in [3.63, 3.8) is 0 Å². The lowest BCUT2D eigenvalue weighted by atomic mass is 9.73. The van der Waals surface area contributed by atoms with E-state index in [0.29, 0.717) is 29.4 Å². The number of pyridine rings is 1. The minimum atomic E-state index is -0.209. The lowest BCUT2D eigenvalue weighted by Gasteiger charge is -2.32. The summed E-state index contributed by atoms with van der Waals surface area (Å²) in [7, 11) is 1.76. The summed E-state index contributed by atoms with van der Waals surface area (Å²) in [5.41, 5.74) is 4.55. The fourth-order valence-electron chi connectivity index (χ4n) is 6.75. The number of aromatic nitrogens is 3. The van der Waals surface area contributed by atoms with Gasteiger partial charge >= 0.3 is 0 Å². The van der Waals surface area contributed by atoms with Crippen molar-refractivity contribution in [3.8, 4) is 0 Å². The van der Waals surface area contributed by atoms with E-state index in [2.05, 4.69) is 28.3 Å². The molecule has 1 amide bonds. The van der Waals surface area contributed by atoms with Crippen LogP contribution >= 0.6 is 0 Å². The summed E-state index contributed by atoms with van der Waals surface area (Å²) >= 11 is 0. The summed E-state index contributed by atoms with van der Waals surface area (Å²) in [5.74, 6) is 1.99. The maximum atomic E-state index is 14.0. The third-order valence-corrected chi connectivity index (χ3v) is 9.19. The van der Waals surface area contributed by atoms with E-state index in [1.54, 1.807) is 19.2 Å². The van der Waals surface area contributed by atoms with Gasteiger partial charge in [0.15, 0.2) is 0 Å². The largest absolute Gasteiger partial charge is 0.381 e. The molecule has 2 fully saturated rings. The summed E-state index contributed by atoms with van der Waals surface area (Å²) in [4.78, 5) is 25.8. The number of nitrogens with one attached hydrogen (secondary N) is 2. The number of nitrogens with zero attached hydrogens (tertiary/aromatic N) is 2. The summed E-state index contributed by atoms with van der Waals surface area (Å²) < 4.78 is 19.4. The van der Waals surface area contributed by atoms with Crippen LogP contribution in [-0.2, 0) is 4.74 Å². The zero-order chi connectivity index (χ0) is 26.9. The molecule has 0 radical (unpaired) electrons. The van der Waals surface area contributed by atoms with Crippen LogP contribution in [0.5, 0.6) is 0 Å². The van der Waals surface area contributed by atoms with Crippen LogP contribution in [0.25, 0.3) is 21.9 Å². The number of fused-ring (bicyclic) bond motifs is 2. The zero-order valence-corrected chi connectivity index (χ0v) is 22.8. The van der Waals surface area contributed by atoms with E-state index in [1.807, 2.05) is 24.4 Å². The van der Waals surface area contributed by atoms with Crippen LogP contribution in [0.3, 0.4) is 0 Å². The molecule has 39 heavy (non-hydrogen) atoms. The average Bonchev–Trinajstić information content (AvgIpc) is 3.40. The van der Waals surface area contributed by atoms with Gasteiger partial charge in [-0.1, -0.05) is 6.92 Å². The van der Waals surface area contributed by atoms with Gasteiger partial charge in [0, 0.05) is 36.2 Å². The minimum Gasteiger partial charge on any atom is -0.381 e. The van der Waals surface area contributed by atoms with Crippen molar-refractivity contribution in [2.75, 3.05) is 7.11 Å². The molecule has 2 aromatic heterocycles. The lowest BCUT2D eigenvalue weighted by molar-refractivity contribution is 0.0599. The first kappa shape index (κ1) is 25.9. The van der Waals surface area contributed by atoms with Crippen molar-refractivity contribution in [2.45, 2.75) is 82.3 Å². The monoisotopic (exact) mass is 528 g/mol. The Morgan fingerprint density at radius 2 is 1.77 bits per heavy atom. The van der Waals surface area contributed by atoms with Crippen molar-refractivity contribution < 1.29 is 13.9 Å². The predicted molar refractivity (Wildman–Crippen MR) is 151 cm³/mol. The predicted octanol–water partition coefficient (Wildman–Crippen LogP) is 7.02. The molecule has 0 spiro atoms. The molecule has 0 saturated heterocycles. The first-order valence-electron chi connectivity index (χ1n) is 14.4. The quantitative estimate of drug-likeness (QED) is 0.282. The molecule has 204 valence electrons. The molecular weight excluding hydrogens is 491 g/mol. The number of methoxy groups -OCH3 is 1. The van der Waals surface area contributed by atoms with Gasteiger partial charge in [-0.05, 0) is 111 Å². The van der Waals surface area contributed by atoms with Crippen molar-refractivity contribution in [3.05, 3.63) is 71.4 Å². The second-order valence-electron chi connectivity index (χ2n) is 11.5. The molecule has 2 saturated carbocycles. The molecular formula is C32H37FN4O2. The Kier molecular flexibility index (Phi) is 7.34. The molecule has 7 heteroatoms. The molecule has 0 bridgehead atoms. The van der Waals surface area contributed by atoms with Gasteiger partial charge in [0.25, 0.3) is 5.91 Å². The first-order chi connectivity index (χ1) is 19.0. The highest BCUT2D eigenvalue weighted by atomic mass is 19.1. The van der Waals surface area contributed by atoms with Crippen LogP contribution in [-0.4, -0.2) is 40.1 Å². The number of hydrogen-bond donors (Lipinski definition) is 2. The number of aromatic amines is 1. The number of amides is 1. The Balaban J connectivity index is 1.10. The van der Waals surface area contributed by atoms with Gasteiger partial charge in [-0.25, -0.2) is 9.37 Å². The summed E-state index contributed by atoms with van der Waals surface area (Å²) in [6.07, 6.45) is 10.4. The van der Waals surface area contributed by atoms with Crippen molar-refractivity contribution in [1.82, 2.24) is 20.3 Å². The molecule has 6 nitrogen and oxygen atoms in total. The smallest absolute Gasteiger partial charge is 0.251 e. The Morgan fingerprint density at radius 1 is 1.00 bits per heavy atom. The molecule has 0 aliphatic heterocycles. The molecule has 2 N–H and O–H groups in total. The van der Waals surface area contributed by atoms with Gasteiger partial charge in [0.05, 0.1) is 22.7 Å². The molecule has 2 aliphatic rings. The van der Waals surface area contributed by atoms with Crippen LogP contribution in [0.2, 0.25) is 0 Å². The van der Waals surface area contributed by atoms with Gasteiger partial charge in [0.2, 0.25) is 0 Å². The van der Waals surface area contributed by atoms with Crippen molar-refractivity contribution in [2.24, 2.45) is 5.92 Å². The lowest BCUT2D eigenvalue weighted by Crippen LogP contribution is -2.38. The van der Waals surface area contributed by atoms with E-state index in [1.165, 1.54) is 11.6 Å². The van der Waals surface area contributed by atoms with Crippen LogP contribution in [0.1, 0.15) is 91.9 Å². The number of rotatable bonds is 6. The Hall–Kier alpha value is -3.32. The van der Waals surface area contributed by atoms with Gasteiger partial charge in [-0.3, -0.25) is 9.78 Å². The van der Waals surface area contributed by atoms with Gasteiger partial charge in [-0.2, -0.15) is 0 Å². The van der Waals surface area contributed by atoms with Crippen LogP contribution in [0, 0.1) is 11.7 Å². The normalized spacial score (nSPS) is 24.6. The third kappa shape index (κ3) is 5.42. The number of carbonyl (C=O) groups excluding carboxylic acids is 1. The number of halogens is 1. The Morgan fingerprint density at radius 3 is 2.54 bits per heavy atom. The highest BCUT2D eigenvalue weighted by molar-refractivity contribution is 5.97. The van der Waals surface area contributed by atoms with E-state index in [-0.39, 0.29) is 17.8 Å². The fraction of sp³-hybridized carbons (Fsp3) is 0.469. The summed E-state index contributed by atoms with van der Waals surface area (Å²) in [6, 6.07) is 12.9.